The highest BCUT2D eigenvalue weighted by molar-refractivity contribution is 5.86. The summed E-state index contributed by atoms with van der Waals surface area (Å²) in [5.41, 5.74) is 1.99. The lowest BCUT2D eigenvalue weighted by atomic mass is 9.86. The number of carbonyl (C=O) groups is 1. The summed E-state index contributed by atoms with van der Waals surface area (Å²) in [5.74, 6) is 0.0493. The number of carbonyl (C=O) groups excluding carboxylic acids is 1. The van der Waals surface area contributed by atoms with Crippen molar-refractivity contribution in [2.45, 2.75) is 43.7 Å². The number of halogens is 1. The van der Waals surface area contributed by atoms with E-state index in [9.17, 15) is 4.79 Å². The lowest BCUT2D eigenvalue weighted by Gasteiger charge is -2.37. The Labute approximate surface area is 138 Å². The third-order valence-corrected chi connectivity index (χ3v) is 4.89. The summed E-state index contributed by atoms with van der Waals surface area (Å²) in [4.78, 5) is 12.8. The van der Waals surface area contributed by atoms with Crippen LogP contribution in [-0.4, -0.2) is 31.7 Å². The van der Waals surface area contributed by atoms with Gasteiger partial charge in [0.1, 0.15) is 5.60 Å². The Balaban J connectivity index is 0.00000176. The van der Waals surface area contributed by atoms with Crippen molar-refractivity contribution >= 4 is 18.3 Å². The van der Waals surface area contributed by atoms with Crippen LogP contribution in [-0.2, 0) is 16.0 Å². The zero-order valence-corrected chi connectivity index (χ0v) is 13.9. The van der Waals surface area contributed by atoms with Gasteiger partial charge >= 0.3 is 0 Å². The minimum atomic E-state index is -0.655. The van der Waals surface area contributed by atoms with Crippen LogP contribution < -0.4 is 10.6 Å². The summed E-state index contributed by atoms with van der Waals surface area (Å²) in [6.07, 6.45) is 4.74. The monoisotopic (exact) mass is 324 g/mol. The van der Waals surface area contributed by atoms with E-state index in [0.29, 0.717) is 0 Å². The molecule has 22 heavy (non-hydrogen) atoms. The maximum atomic E-state index is 12.8. The van der Waals surface area contributed by atoms with E-state index in [1.165, 1.54) is 11.1 Å². The first-order chi connectivity index (χ1) is 10.2. The van der Waals surface area contributed by atoms with Gasteiger partial charge in [0.2, 0.25) is 0 Å². The largest absolute Gasteiger partial charge is 0.368 e. The molecule has 5 heteroatoms. The number of nitrogens with one attached hydrogen (secondary N) is 2. The average molecular weight is 325 g/mol. The molecule has 1 aromatic rings. The zero-order valence-electron chi connectivity index (χ0n) is 13.1. The molecule has 0 aromatic heterocycles. The molecule has 1 heterocycles. The van der Waals surface area contributed by atoms with Gasteiger partial charge in [-0.3, -0.25) is 4.79 Å². The van der Waals surface area contributed by atoms with Crippen LogP contribution in [0.2, 0.25) is 0 Å². The Morgan fingerprint density at radius 1 is 1.32 bits per heavy atom. The van der Waals surface area contributed by atoms with Crippen molar-refractivity contribution in [1.82, 2.24) is 10.6 Å². The molecule has 2 aliphatic rings. The fourth-order valence-corrected chi connectivity index (χ4v) is 3.55. The van der Waals surface area contributed by atoms with Crippen molar-refractivity contribution in [2.24, 2.45) is 0 Å². The fourth-order valence-electron chi connectivity index (χ4n) is 3.55. The average Bonchev–Trinajstić information content (AvgIpc) is 2.56. The van der Waals surface area contributed by atoms with E-state index in [1.807, 2.05) is 0 Å². The van der Waals surface area contributed by atoms with Gasteiger partial charge in [-0.2, -0.15) is 0 Å². The number of hydrogen-bond donors (Lipinski definition) is 2. The van der Waals surface area contributed by atoms with Crippen LogP contribution in [0.15, 0.2) is 24.3 Å². The Bertz CT molecular complexity index is 515. The number of piperidine rings is 1. The zero-order chi connectivity index (χ0) is 14.7. The third kappa shape index (κ3) is 3.29. The molecule has 1 saturated heterocycles. The van der Waals surface area contributed by atoms with E-state index in [1.54, 1.807) is 7.11 Å². The molecule has 1 fully saturated rings. The second-order valence-electron chi connectivity index (χ2n) is 6.07. The van der Waals surface area contributed by atoms with E-state index in [0.717, 1.165) is 45.2 Å². The fraction of sp³-hybridized carbons (Fsp3) is 0.588. The summed E-state index contributed by atoms with van der Waals surface area (Å²) in [6.45, 7) is 1.67. The van der Waals surface area contributed by atoms with E-state index in [-0.39, 0.29) is 24.4 Å². The number of benzene rings is 1. The Kier molecular flexibility index (Phi) is 5.84. The second-order valence-corrected chi connectivity index (χ2v) is 6.07. The highest BCUT2D eigenvalue weighted by atomic mass is 35.5. The Morgan fingerprint density at radius 3 is 2.77 bits per heavy atom. The van der Waals surface area contributed by atoms with Gasteiger partial charge < -0.3 is 15.4 Å². The minimum Gasteiger partial charge on any atom is -0.368 e. The van der Waals surface area contributed by atoms with Crippen LogP contribution in [0.4, 0.5) is 0 Å². The molecule has 0 radical (unpaired) electrons. The summed E-state index contributed by atoms with van der Waals surface area (Å²) in [7, 11) is 1.65. The lowest BCUT2D eigenvalue weighted by molar-refractivity contribution is -0.147. The maximum absolute atomic E-state index is 12.8. The molecule has 2 N–H and O–H groups in total. The highest BCUT2D eigenvalue weighted by Gasteiger charge is 2.40. The van der Waals surface area contributed by atoms with Crippen LogP contribution in [0, 0.1) is 0 Å². The number of rotatable bonds is 3. The highest BCUT2D eigenvalue weighted by Crippen LogP contribution is 2.31. The molecule has 1 aromatic carbocycles. The quantitative estimate of drug-likeness (QED) is 0.897. The van der Waals surface area contributed by atoms with Crippen LogP contribution in [0.25, 0.3) is 0 Å². The predicted octanol–water partition coefficient (Wildman–Crippen LogP) is 2.37. The molecule has 0 bridgehead atoms. The van der Waals surface area contributed by atoms with Gasteiger partial charge in [-0.05, 0) is 56.3 Å². The standard InChI is InChI=1S/C17H24N2O2.ClH/c1-21-17(9-11-18-12-10-17)16(20)19-15-8-4-6-13-5-2-3-7-14(13)15;/h2-3,5,7,15,18H,4,6,8-12H2,1H3,(H,19,20);1H. The summed E-state index contributed by atoms with van der Waals surface area (Å²) >= 11 is 0. The molecule has 1 unspecified atom stereocenters. The molecule has 122 valence electrons. The van der Waals surface area contributed by atoms with E-state index in [4.69, 9.17) is 4.74 Å². The van der Waals surface area contributed by atoms with Crippen LogP contribution in [0.3, 0.4) is 0 Å². The van der Waals surface area contributed by atoms with Crippen LogP contribution >= 0.6 is 12.4 Å². The van der Waals surface area contributed by atoms with Gasteiger partial charge in [0.05, 0.1) is 6.04 Å². The first-order valence-corrected chi connectivity index (χ1v) is 7.90. The molecule has 1 atom stereocenters. The second kappa shape index (κ2) is 7.44. The van der Waals surface area contributed by atoms with E-state index < -0.39 is 5.60 Å². The van der Waals surface area contributed by atoms with Crippen LogP contribution in [0.5, 0.6) is 0 Å². The molecule has 0 spiro atoms. The summed E-state index contributed by atoms with van der Waals surface area (Å²) in [5, 5.41) is 6.53. The van der Waals surface area contributed by atoms with Gasteiger partial charge in [-0.1, -0.05) is 24.3 Å². The number of ether oxygens (including phenoxy) is 1. The lowest BCUT2D eigenvalue weighted by Crippen LogP contribution is -2.54. The Hall–Kier alpha value is -1.10. The van der Waals surface area contributed by atoms with Crippen molar-refractivity contribution in [3.05, 3.63) is 35.4 Å². The number of aryl methyl sites for hydroxylation is 1. The molecule has 0 saturated carbocycles. The van der Waals surface area contributed by atoms with Crippen LogP contribution in [0.1, 0.15) is 42.9 Å². The number of amides is 1. The van der Waals surface area contributed by atoms with E-state index in [2.05, 4.69) is 34.9 Å². The van der Waals surface area contributed by atoms with Crippen molar-refractivity contribution in [2.75, 3.05) is 20.2 Å². The van der Waals surface area contributed by atoms with Crippen molar-refractivity contribution in [3.8, 4) is 0 Å². The molecule has 1 aliphatic heterocycles. The SMILES string of the molecule is COC1(C(=O)NC2CCCc3ccccc32)CCNCC1.Cl. The van der Waals surface area contributed by atoms with Crippen molar-refractivity contribution in [3.63, 3.8) is 0 Å². The molecule has 4 nitrogen and oxygen atoms in total. The topological polar surface area (TPSA) is 50.4 Å². The van der Waals surface area contributed by atoms with Gasteiger partial charge in [-0.25, -0.2) is 0 Å². The van der Waals surface area contributed by atoms with Gasteiger partial charge in [-0.15, -0.1) is 12.4 Å². The van der Waals surface area contributed by atoms with Gasteiger partial charge in [0, 0.05) is 7.11 Å². The smallest absolute Gasteiger partial charge is 0.252 e. The Morgan fingerprint density at radius 2 is 2.05 bits per heavy atom. The van der Waals surface area contributed by atoms with Gasteiger partial charge in [0.15, 0.2) is 0 Å². The normalized spacial score (nSPS) is 23.0. The number of fused-ring (bicyclic) bond motifs is 1. The molecule has 3 rings (SSSR count). The number of methoxy groups -OCH3 is 1. The molecular weight excluding hydrogens is 300 g/mol. The van der Waals surface area contributed by atoms with Crippen molar-refractivity contribution in [1.29, 1.82) is 0 Å². The summed E-state index contributed by atoms with van der Waals surface area (Å²) < 4.78 is 5.62. The van der Waals surface area contributed by atoms with Gasteiger partial charge in [0.25, 0.3) is 5.91 Å². The summed E-state index contributed by atoms with van der Waals surface area (Å²) in [6, 6.07) is 8.57. The number of hydrogen-bond acceptors (Lipinski definition) is 3. The third-order valence-electron chi connectivity index (χ3n) is 4.89. The molecule has 1 aliphatic carbocycles. The first-order valence-electron chi connectivity index (χ1n) is 7.90. The van der Waals surface area contributed by atoms with Crippen molar-refractivity contribution < 1.29 is 9.53 Å². The van der Waals surface area contributed by atoms with E-state index >= 15 is 0 Å². The molecule has 1 amide bonds. The predicted molar refractivity (Wildman–Crippen MR) is 89.4 cm³/mol. The maximum Gasteiger partial charge on any atom is 0.252 e. The molecular formula is C17H25ClN2O2. The first kappa shape index (κ1) is 17.3. The minimum absolute atomic E-state index is 0.